The van der Waals surface area contributed by atoms with E-state index >= 15 is 0 Å². The van der Waals surface area contributed by atoms with Gasteiger partial charge in [-0.2, -0.15) is 0 Å². The van der Waals surface area contributed by atoms with Gasteiger partial charge in [0.2, 0.25) is 0 Å². The zero-order chi connectivity index (χ0) is 35.0. The molecule has 0 spiro atoms. The summed E-state index contributed by atoms with van der Waals surface area (Å²) in [7, 11) is -5.20. The van der Waals surface area contributed by atoms with Gasteiger partial charge in [0.15, 0.2) is 0 Å². The second kappa shape index (κ2) is 11.0. The van der Waals surface area contributed by atoms with E-state index in [0.29, 0.717) is 15.9 Å². The van der Waals surface area contributed by atoms with Crippen molar-refractivity contribution >= 4 is 23.0 Å². The van der Waals surface area contributed by atoms with Gasteiger partial charge < -0.3 is 0 Å². The number of benzene rings is 3. The Kier molecular flexibility index (Phi) is 9.19. The summed E-state index contributed by atoms with van der Waals surface area (Å²) < 4.78 is 0. The molecule has 0 saturated carbocycles. The van der Waals surface area contributed by atoms with Gasteiger partial charge >= 0.3 is 278 Å². The average Bonchev–Trinajstić information content (AvgIpc) is 2.84. The van der Waals surface area contributed by atoms with Gasteiger partial charge in [-0.1, -0.05) is 0 Å². The zero-order valence-corrected chi connectivity index (χ0v) is 32.9. The van der Waals surface area contributed by atoms with E-state index in [-0.39, 0.29) is 32.5 Å². The maximum atomic E-state index is 14.3. The van der Waals surface area contributed by atoms with Gasteiger partial charge in [0, 0.05) is 0 Å². The van der Waals surface area contributed by atoms with Crippen LogP contribution in [0.25, 0.3) is 0 Å². The van der Waals surface area contributed by atoms with Gasteiger partial charge in [-0.15, -0.1) is 0 Å². The topological polar surface area (TPSA) is 40.5 Å². The molecular weight excluding hydrogens is 567 g/mol. The van der Waals surface area contributed by atoms with Crippen LogP contribution in [0.4, 0.5) is 0 Å². The van der Waals surface area contributed by atoms with Crippen molar-refractivity contribution in [2.24, 2.45) is 0 Å². The van der Waals surface area contributed by atoms with Crippen LogP contribution in [0.3, 0.4) is 0 Å². The first-order chi connectivity index (χ1) is 19.8. The van der Waals surface area contributed by atoms with Crippen LogP contribution in [0.5, 0.6) is 0 Å². The molecule has 3 rings (SSSR count). The van der Waals surface area contributed by atoms with Crippen molar-refractivity contribution in [2.75, 3.05) is 0 Å². The SMILES string of the molecule is CC(C)(C)c1cc(C(C)(C)C)c(P(O)(O)(c2ccccc2)c2c(C(C)(C)C)cc(C(C)(C)C)cc2C(C)(C)C)c(C(C)(C)C)c1. The summed E-state index contributed by atoms with van der Waals surface area (Å²) in [5.74, 6) is 0. The summed E-state index contributed by atoms with van der Waals surface area (Å²) >= 11 is 0. The van der Waals surface area contributed by atoms with E-state index in [4.69, 9.17) is 0 Å². The third kappa shape index (κ3) is 7.00. The molecule has 3 aromatic carbocycles. The Hall–Kier alpha value is -1.99. The molecular formula is C42H65O2P. The van der Waals surface area contributed by atoms with Crippen molar-refractivity contribution in [3.05, 3.63) is 88.0 Å². The molecule has 0 aliphatic carbocycles. The molecule has 250 valence electrons. The maximum absolute atomic E-state index is 14.3. The monoisotopic (exact) mass is 632 g/mol. The summed E-state index contributed by atoms with van der Waals surface area (Å²) in [5, 5.41) is 2.00. The number of hydrogen-bond donors (Lipinski definition) is 2. The van der Waals surface area contributed by atoms with Crippen molar-refractivity contribution in [1.29, 1.82) is 0 Å². The van der Waals surface area contributed by atoms with E-state index in [1.807, 2.05) is 30.3 Å². The van der Waals surface area contributed by atoms with Crippen LogP contribution in [0.1, 0.15) is 158 Å². The van der Waals surface area contributed by atoms with Crippen molar-refractivity contribution < 1.29 is 9.79 Å². The molecule has 0 amide bonds. The standard InChI is InChI=1S/C42H65O2P/c1-37(2,3)28-24-31(39(7,8)9)35(32(25-28)40(10,11)12)45(43,44,30-22-20-19-21-23-30)36-33(41(13,14)15)26-29(38(4,5)6)27-34(36)42(16,17)18/h19-27,43-44H,1-18H3. The minimum atomic E-state index is -5.20. The van der Waals surface area contributed by atoms with Crippen LogP contribution >= 0.6 is 7.06 Å². The molecule has 0 radical (unpaired) electrons. The number of hydrogen-bond acceptors (Lipinski definition) is 2. The van der Waals surface area contributed by atoms with Crippen LogP contribution in [0.2, 0.25) is 0 Å². The van der Waals surface area contributed by atoms with Crippen LogP contribution in [0, 0.1) is 0 Å². The quantitative estimate of drug-likeness (QED) is 0.282. The normalized spacial score (nSPS) is 15.2. The first-order valence-electron chi connectivity index (χ1n) is 16.8. The zero-order valence-electron chi connectivity index (χ0n) is 32.0. The fourth-order valence-corrected chi connectivity index (χ4v) is 11.3. The molecule has 0 atom stereocenters. The predicted molar refractivity (Wildman–Crippen MR) is 202 cm³/mol. The molecule has 3 aromatic rings. The van der Waals surface area contributed by atoms with Gasteiger partial charge in [0.1, 0.15) is 0 Å². The molecule has 0 unspecified atom stereocenters. The predicted octanol–water partition coefficient (Wildman–Crippen LogP) is 10.1. The van der Waals surface area contributed by atoms with Crippen molar-refractivity contribution in [3.63, 3.8) is 0 Å². The van der Waals surface area contributed by atoms with Crippen LogP contribution in [-0.2, 0) is 32.5 Å². The molecule has 45 heavy (non-hydrogen) atoms. The van der Waals surface area contributed by atoms with Crippen molar-refractivity contribution in [2.45, 2.75) is 157 Å². The minimum absolute atomic E-state index is 0.117. The first kappa shape index (κ1) is 37.5. The Morgan fingerprint density at radius 3 is 0.822 bits per heavy atom. The van der Waals surface area contributed by atoms with E-state index in [1.165, 1.54) is 11.1 Å². The molecule has 0 bridgehead atoms. The number of rotatable bonds is 3. The molecule has 2 N–H and O–H groups in total. The summed E-state index contributed by atoms with van der Waals surface area (Å²) in [6.07, 6.45) is 0. The Morgan fingerprint density at radius 1 is 0.378 bits per heavy atom. The average molecular weight is 633 g/mol. The van der Waals surface area contributed by atoms with Gasteiger partial charge in [-0.25, -0.2) is 0 Å². The molecule has 0 fully saturated rings. The van der Waals surface area contributed by atoms with Crippen LogP contribution < -0.4 is 15.9 Å². The van der Waals surface area contributed by atoms with Crippen molar-refractivity contribution in [3.8, 4) is 0 Å². The van der Waals surface area contributed by atoms with Gasteiger partial charge in [-0.3, -0.25) is 0 Å². The molecule has 0 aliphatic heterocycles. The molecule has 0 heterocycles. The Morgan fingerprint density at radius 2 is 0.622 bits per heavy atom. The fourth-order valence-electron chi connectivity index (χ4n) is 6.41. The van der Waals surface area contributed by atoms with E-state index < -0.39 is 7.06 Å². The van der Waals surface area contributed by atoms with Gasteiger partial charge in [-0.05, 0) is 0 Å². The third-order valence-corrected chi connectivity index (χ3v) is 13.2. The molecule has 0 aliphatic rings. The van der Waals surface area contributed by atoms with Gasteiger partial charge in [0.25, 0.3) is 0 Å². The molecule has 3 heteroatoms. The molecule has 0 saturated heterocycles. The van der Waals surface area contributed by atoms with E-state index in [9.17, 15) is 9.79 Å². The molecule has 0 aromatic heterocycles. The van der Waals surface area contributed by atoms with Crippen LogP contribution in [-0.4, -0.2) is 9.79 Å². The summed E-state index contributed by atoms with van der Waals surface area (Å²) in [6.45, 7) is 40.0. The van der Waals surface area contributed by atoms with Crippen LogP contribution in [0.15, 0.2) is 54.6 Å². The van der Waals surface area contributed by atoms with E-state index in [1.54, 1.807) is 0 Å². The Labute approximate surface area is 277 Å². The van der Waals surface area contributed by atoms with Crippen molar-refractivity contribution in [1.82, 2.24) is 0 Å². The van der Waals surface area contributed by atoms with Gasteiger partial charge in [0.05, 0.1) is 0 Å². The Bertz CT molecular complexity index is 1380. The first-order valence-corrected chi connectivity index (χ1v) is 18.9. The fraction of sp³-hybridized carbons (Fsp3) is 0.571. The van der Waals surface area contributed by atoms with E-state index in [2.05, 4.69) is 149 Å². The summed E-state index contributed by atoms with van der Waals surface area (Å²) in [5.41, 5.74) is 4.75. The molecule has 2 nitrogen and oxygen atoms in total. The summed E-state index contributed by atoms with van der Waals surface area (Å²) in [6, 6.07) is 18.9. The third-order valence-electron chi connectivity index (χ3n) is 9.28. The summed E-state index contributed by atoms with van der Waals surface area (Å²) in [4.78, 5) is 28.7. The second-order valence-electron chi connectivity index (χ2n) is 19.7. The second-order valence-corrected chi connectivity index (χ2v) is 23.2. The Balaban J connectivity index is 2.96. The van der Waals surface area contributed by atoms with E-state index in [0.717, 1.165) is 22.3 Å².